The molecule has 0 radical (unpaired) electrons. The Kier molecular flexibility index (Phi) is 4.76. The third kappa shape index (κ3) is 3.87. The lowest BCUT2D eigenvalue weighted by molar-refractivity contribution is 0.0991. The summed E-state index contributed by atoms with van der Waals surface area (Å²) in [5.74, 6) is -0.717. The van der Waals surface area contributed by atoms with E-state index in [1.165, 1.54) is 34.8 Å². The third-order valence-electron chi connectivity index (χ3n) is 2.83. The zero-order valence-electron chi connectivity index (χ0n) is 12.3. The van der Waals surface area contributed by atoms with E-state index in [0.717, 1.165) is 4.88 Å². The molecule has 3 rings (SSSR count). The molecule has 1 amide bonds. The summed E-state index contributed by atoms with van der Waals surface area (Å²) in [6.45, 7) is 1.91. The van der Waals surface area contributed by atoms with Gasteiger partial charge in [-0.15, -0.1) is 21.5 Å². The highest BCUT2D eigenvalue weighted by Crippen LogP contribution is 2.18. The number of carbonyl (C=O) groups excluding carboxylic acids is 1. The lowest BCUT2D eigenvalue weighted by Gasteiger charge is -2.02. The number of thiophene rings is 1. The number of carbonyl (C=O) groups is 1. The first kappa shape index (κ1) is 16.8. The molecule has 0 aliphatic carbocycles. The van der Waals surface area contributed by atoms with E-state index in [4.69, 9.17) is 4.42 Å². The second-order valence-corrected chi connectivity index (χ2v) is 8.51. The predicted molar refractivity (Wildman–Crippen MR) is 89.7 cm³/mol. The number of aryl methyl sites for hydroxylation is 1. The number of hydrogen-bond acceptors (Lipinski definition) is 8. The van der Waals surface area contributed by atoms with Crippen molar-refractivity contribution < 1.29 is 17.6 Å². The Bertz CT molecular complexity index is 944. The molecular weight excluding hydrogens is 372 g/mol. The molecule has 3 aromatic rings. The van der Waals surface area contributed by atoms with E-state index in [1.807, 2.05) is 17.5 Å². The lowest BCUT2D eigenvalue weighted by Crippen LogP contribution is -2.22. The molecule has 0 fully saturated rings. The Morgan fingerprint density at radius 3 is 2.79 bits per heavy atom. The highest BCUT2D eigenvalue weighted by atomic mass is 32.2. The molecule has 0 aromatic carbocycles. The van der Waals surface area contributed by atoms with E-state index in [2.05, 4.69) is 20.2 Å². The number of nitrogens with one attached hydrogen (secondary N) is 2. The van der Waals surface area contributed by atoms with Crippen LogP contribution in [0.25, 0.3) is 0 Å². The fourth-order valence-corrected chi connectivity index (χ4v) is 4.00. The molecule has 0 aliphatic rings. The lowest BCUT2D eigenvalue weighted by atomic mass is 10.4. The molecule has 126 valence electrons. The smallest absolute Gasteiger partial charge is 0.293 e. The summed E-state index contributed by atoms with van der Waals surface area (Å²) in [7, 11) is -3.83. The SMILES string of the molecule is Cc1nnc(NC(=O)c2ccc(S(=O)(=O)NCc3cccs3)o2)s1. The molecule has 11 heteroatoms. The summed E-state index contributed by atoms with van der Waals surface area (Å²) in [4.78, 5) is 12.9. The first-order valence-corrected chi connectivity index (χ1v) is 9.85. The number of amides is 1. The summed E-state index contributed by atoms with van der Waals surface area (Å²) in [6.07, 6.45) is 0. The van der Waals surface area contributed by atoms with E-state index in [-0.39, 0.29) is 17.4 Å². The van der Waals surface area contributed by atoms with Crippen LogP contribution in [0.3, 0.4) is 0 Å². The van der Waals surface area contributed by atoms with Crippen LogP contribution in [0.5, 0.6) is 0 Å². The minimum atomic E-state index is -3.83. The van der Waals surface area contributed by atoms with E-state index in [9.17, 15) is 13.2 Å². The quantitative estimate of drug-likeness (QED) is 0.674. The fraction of sp³-hybridized carbons (Fsp3) is 0.154. The van der Waals surface area contributed by atoms with Crippen molar-refractivity contribution in [2.45, 2.75) is 18.6 Å². The summed E-state index contributed by atoms with van der Waals surface area (Å²) in [5.41, 5.74) is 0. The van der Waals surface area contributed by atoms with Gasteiger partial charge < -0.3 is 4.42 Å². The van der Waals surface area contributed by atoms with E-state index >= 15 is 0 Å². The average Bonchev–Trinajstić information content (AvgIpc) is 3.27. The molecule has 8 nitrogen and oxygen atoms in total. The number of hydrogen-bond donors (Lipinski definition) is 2. The summed E-state index contributed by atoms with van der Waals surface area (Å²) >= 11 is 2.64. The van der Waals surface area contributed by atoms with Gasteiger partial charge in [-0.1, -0.05) is 17.4 Å². The van der Waals surface area contributed by atoms with E-state index in [1.54, 1.807) is 6.92 Å². The molecular formula is C13H12N4O4S3. The second-order valence-electron chi connectivity index (χ2n) is 4.60. The van der Waals surface area contributed by atoms with Gasteiger partial charge in [0.15, 0.2) is 5.76 Å². The number of sulfonamides is 1. The highest BCUT2D eigenvalue weighted by Gasteiger charge is 2.21. The van der Waals surface area contributed by atoms with Gasteiger partial charge >= 0.3 is 0 Å². The van der Waals surface area contributed by atoms with Gasteiger partial charge in [-0.2, -0.15) is 0 Å². The van der Waals surface area contributed by atoms with E-state index in [0.29, 0.717) is 10.1 Å². The van der Waals surface area contributed by atoms with Crippen molar-refractivity contribution in [1.82, 2.24) is 14.9 Å². The summed E-state index contributed by atoms with van der Waals surface area (Å²) < 4.78 is 31.9. The number of rotatable bonds is 6. The molecule has 0 atom stereocenters. The van der Waals surface area contributed by atoms with Crippen LogP contribution in [0, 0.1) is 6.92 Å². The standard InChI is InChI=1S/C13H12N4O4S3/c1-8-16-17-13(23-8)15-12(18)10-4-5-11(21-10)24(19,20)14-7-9-3-2-6-22-9/h2-6,14H,7H2,1H3,(H,15,17,18). The monoisotopic (exact) mass is 384 g/mol. The normalized spacial score (nSPS) is 11.5. The van der Waals surface area contributed by atoms with E-state index < -0.39 is 15.9 Å². The first-order chi connectivity index (χ1) is 11.4. The molecule has 0 bridgehead atoms. The van der Waals surface area contributed by atoms with Gasteiger partial charge in [0.05, 0.1) is 0 Å². The van der Waals surface area contributed by atoms with Gasteiger partial charge in [0.1, 0.15) is 5.01 Å². The molecule has 0 unspecified atom stereocenters. The molecule has 0 spiro atoms. The Labute approximate surface area is 145 Å². The average molecular weight is 384 g/mol. The van der Waals surface area contributed by atoms with Crippen molar-refractivity contribution in [3.63, 3.8) is 0 Å². The van der Waals surface area contributed by atoms with Gasteiger partial charge in [-0.25, -0.2) is 13.1 Å². The molecule has 2 N–H and O–H groups in total. The topological polar surface area (TPSA) is 114 Å². The molecule has 0 saturated heterocycles. The Balaban J connectivity index is 1.68. The van der Waals surface area contributed by atoms with Crippen molar-refractivity contribution >= 4 is 43.7 Å². The van der Waals surface area contributed by atoms with Crippen LogP contribution >= 0.6 is 22.7 Å². The molecule has 0 aliphatic heterocycles. The van der Waals surface area contributed by atoms with Gasteiger partial charge in [0.25, 0.3) is 15.9 Å². The number of anilines is 1. The van der Waals surface area contributed by atoms with Gasteiger partial charge in [-0.3, -0.25) is 10.1 Å². The van der Waals surface area contributed by atoms with Gasteiger partial charge in [-0.05, 0) is 30.5 Å². The third-order valence-corrected chi connectivity index (χ3v) is 5.74. The van der Waals surface area contributed by atoms with Crippen LogP contribution in [0.2, 0.25) is 0 Å². The van der Waals surface area contributed by atoms with Crippen molar-refractivity contribution in [3.05, 3.63) is 45.3 Å². The number of furan rings is 1. The number of aromatic nitrogens is 2. The fourth-order valence-electron chi connectivity index (χ4n) is 1.74. The van der Waals surface area contributed by atoms with Crippen LogP contribution in [-0.4, -0.2) is 24.5 Å². The second kappa shape index (κ2) is 6.81. The molecule has 3 aromatic heterocycles. The molecule has 0 saturated carbocycles. The van der Waals surface area contributed by atoms with Crippen LogP contribution in [0.4, 0.5) is 5.13 Å². The minimum Gasteiger partial charge on any atom is -0.438 e. The van der Waals surface area contributed by atoms with Crippen molar-refractivity contribution in [2.24, 2.45) is 0 Å². The summed E-state index contributed by atoms with van der Waals surface area (Å²) in [6, 6.07) is 6.18. The Hall–Kier alpha value is -2.08. The largest absolute Gasteiger partial charge is 0.438 e. The summed E-state index contributed by atoms with van der Waals surface area (Å²) in [5, 5.41) is 12.6. The zero-order valence-corrected chi connectivity index (χ0v) is 14.8. The van der Waals surface area contributed by atoms with Gasteiger partial charge in [0.2, 0.25) is 10.2 Å². The predicted octanol–water partition coefficient (Wildman–Crippen LogP) is 2.23. The van der Waals surface area contributed by atoms with Crippen LogP contribution in [0.1, 0.15) is 20.4 Å². The van der Waals surface area contributed by atoms with Crippen LogP contribution in [0.15, 0.2) is 39.2 Å². The molecule has 24 heavy (non-hydrogen) atoms. The Morgan fingerprint density at radius 1 is 1.29 bits per heavy atom. The van der Waals surface area contributed by atoms with Crippen LogP contribution in [-0.2, 0) is 16.6 Å². The minimum absolute atomic E-state index is 0.126. The number of nitrogens with zero attached hydrogens (tertiary/aromatic N) is 2. The molecule has 3 heterocycles. The Morgan fingerprint density at radius 2 is 2.12 bits per heavy atom. The van der Waals surface area contributed by atoms with Crippen molar-refractivity contribution in [1.29, 1.82) is 0 Å². The highest BCUT2D eigenvalue weighted by molar-refractivity contribution is 7.89. The maximum Gasteiger partial charge on any atom is 0.293 e. The zero-order chi connectivity index (χ0) is 17.2. The van der Waals surface area contributed by atoms with Crippen molar-refractivity contribution in [3.8, 4) is 0 Å². The first-order valence-electron chi connectivity index (χ1n) is 6.67. The maximum atomic E-state index is 12.2. The van der Waals surface area contributed by atoms with Gasteiger partial charge in [0, 0.05) is 11.4 Å². The van der Waals surface area contributed by atoms with Crippen molar-refractivity contribution in [2.75, 3.05) is 5.32 Å². The maximum absolute atomic E-state index is 12.2. The van der Waals surface area contributed by atoms with Crippen LogP contribution < -0.4 is 10.0 Å².